The van der Waals surface area contributed by atoms with Gasteiger partial charge in [0.1, 0.15) is 11.9 Å². The topological polar surface area (TPSA) is 43.4 Å². The number of allylic oxidation sites excluding steroid dienone is 2. The zero-order valence-electron chi connectivity index (χ0n) is 15.2. The van der Waals surface area contributed by atoms with Crippen LogP contribution in [0.1, 0.15) is 65.7 Å². The van der Waals surface area contributed by atoms with E-state index >= 15 is 0 Å². The maximum absolute atomic E-state index is 11.9. The highest BCUT2D eigenvalue weighted by Gasteiger charge is 2.58. The zero-order chi connectivity index (χ0) is 17.1. The minimum absolute atomic E-state index is 0.103. The summed E-state index contributed by atoms with van der Waals surface area (Å²) in [5.41, 5.74) is 1.59. The van der Waals surface area contributed by atoms with Crippen LogP contribution in [0.25, 0.3) is 0 Å². The van der Waals surface area contributed by atoms with Crippen molar-refractivity contribution in [3.63, 3.8) is 0 Å². The van der Waals surface area contributed by atoms with Crippen molar-refractivity contribution < 1.29 is 14.3 Å². The number of carbonyl (C=O) groups excluding carboxylic acids is 2. The lowest BCUT2D eigenvalue weighted by Crippen LogP contribution is -2.50. The van der Waals surface area contributed by atoms with Crippen molar-refractivity contribution >= 4 is 11.8 Å². The Hall–Kier alpha value is -1.12. The minimum Gasteiger partial charge on any atom is -0.462 e. The van der Waals surface area contributed by atoms with Gasteiger partial charge in [-0.25, -0.2) is 0 Å². The average molecular weight is 330 g/mol. The molecule has 132 valence electrons. The highest BCUT2D eigenvalue weighted by Crippen LogP contribution is 2.62. The Kier molecular flexibility index (Phi) is 3.89. The summed E-state index contributed by atoms with van der Waals surface area (Å²) in [5, 5.41) is 0. The van der Waals surface area contributed by atoms with Gasteiger partial charge in [0, 0.05) is 25.2 Å². The Morgan fingerprint density at radius 3 is 2.79 bits per heavy atom. The standard InChI is InChI=1S/C21H30O3/c1-12-10-14-11-15(23)4-5-16(14)17-8-9-21(3)18(20(12)17)6-7-19(21)24-13(2)22/h10,12,16-20H,4-9,11H2,1-3H3/t12-,16+,17-,18+,19+,20-,21+/m1/s1. The third kappa shape index (κ3) is 2.38. The molecule has 0 spiro atoms. The highest BCUT2D eigenvalue weighted by atomic mass is 16.5. The molecule has 0 unspecified atom stereocenters. The summed E-state index contributed by atoms with van der Waals surface area (Å²) in [6, 6.07) is 0. The molecule has 0 aromatic heterocycles. The van der Waals surface area contributed by atoms with Gasteiger partial charge in [-0.15, -0.1) is 0 Å². The molecule has 3 nitrogen and oxygen atoms in total. The van der Waals surface area contributed by atoms with Gasteiger partial charge in [0.2, 0.25) is 0 Å². The number of ether oxygens (including phenoxy) is 1. The summed E-state index contributed by atoms with van der Waals surface area (Å²) < 4.78 is 5.72. The summed E-state index contributed by atoms with van der Waals surface area (Å²) in [6.07, 6.45) is 9.70. The second-order valence-electron chi connectivity index (χ2n) is 9.03. The maximum atomic E-state index is 11.9. The zero-order valence-corrected chi connectivity index (χ0v) is 15.2. The van der Waals surface area contributed by atoms with Crippen molar-refractivity contribution in [2.45, 2.75) is 71.8 Å². The Bertz CT molecular complexity index is 592. The van der Waals surface area contributed by atoms with E-state index in [0.717, 1.165) is 25.2 Å². The number of Topliss-reactive ketones (excluding diaryl/α,β-unsaturated/α-hetero) is 1. The van der Waals surface area contributed by atoms with Gasteiger partial charge < -0.3 is 4.74 Å². The molecule has 4 rings (SSSR count). The van der Waals surface area contributed by atoms with Gasteiger partial charge in [-0.1, -0.05) is 25.5 Å². The normalized spacial score (nSPS) is 47.3. The molecule has 0 aromatic rings. The average Bonchev–Trinajstić information content (AvgIpc) is 2.83. The first-order valence-electron chi connectivity index (χ1n) is 9.79. The molecule has 0 aliphatic heterocycles. The SMILES string of the molecule is CC(=O)O[C@H]1CC[C@H]2[C@H]3[C@H](CC[C@]12C)[C@H]1CCC(=O)CC1=C[C@H]3C. The van der Waals surface area contributed by atoms with E-state index in [1.54, 1.807) is 6.92 Å². The van der Waals surface area contributed by atoms with Crippen molar-refractivity contribution in [3.8, 4) is 0 Å². The number of rotatable bonds is 1. The lowest BCUT2D eigenvalue weighted by Gasteiger charge is -2.54. The van der Waals surface area contributed by atoms with Crippen molar-refractivity contribution in [1.29, 1.82) is 0 Å². The first kappa shape index (κ1) is 16.4. The number of carbonyl (C=O) groups is 2. The van der Waals surface area contributed by atoms with Crippen LogP contribution >= 0.6 is 0 Å². The van der Waals surface area contributed by atoms with Gasteiger partial charge in [-0.05, 0) is 61.7 Å². The number of fused-ring (bicyclic) bond motifs is 5. The first-order chi connectivity index (χ1) is 11.4. The maximum Gasteiger partial charge on any atom is 0.302 e. The van der Waals surface area contributed by atoms with Crippen LogP contribution in [0.5, 0.6) is 0 Å². The van der Waals surface area contributed by atoms with Crippen LogP contribution in [0.15, 0.2) is 11.6 Å². The third-order valence-corrected chi connectivity index (χ3v) is 7.82. The van der Waals surface area contributed by atoms with E-state index in [1.807, 2.05) is 0 Å². The van der Waals surface area contributed by atoms with Crippen LogP contribution in [0.4, 0.5) is 0 Å². The lowest BCUT2D eigenvalue weighted by atomic mass is 9.50. The molecule has 7 atom stereocenters. The Labute approximate surface area is 145 Å². The van der Waals surface area contributed by atoms with Gasteiger partial charge >= 0.3 is 5.97 Å². The highest BCUT2D eigenvalue weighted by molar-refractivity contribution is 5.82. The number of hydrogen-bond donors (Lipinski definition) is 0. The Balaban J connectivity index is 1.63. The molecule has 3 heteroatoms. The van der Waals surface area contributed by atoms with E-state index in [-0.39, 0.29) is 17.5 Å². The summed E-state index contributed by atoms with van der Waals surface area (Å²) >= 11 is 0. The lowest BCUT2D eigenvalue weighted by molar-refractivity contribution is -0.156. The summed E-state index contributed by atoms with van der Waals surface area (Å²) in [5.74, 6) is 3.59. The van der Waals surface area contributed by atoms with Crippen molar-refractivity contribution in [2.24, 2.45) is 35.0 Å². The molecule has 0 heterocycles. The second-order valence-corrected chi connectivity index (χ2v) is 9.03. The molecular formula is C21H30O3. The van der Waals surface area contributed by atoms with E-state index in [1.165, 1.54) is 24.8 Å². The quantitative estimate of drug-likeness (QED) is 0.531. The van der Waals surface area contributed by atoms with Crippen LogP contribution < -0.4 is 0 Å². The van der Waals surface area contributed by atoms with Gasteiger partial charge in [0.15, 0.2) is 0 Å². The molecule has 4 aliphatic carbocycles. The van der Waals surface area contributed by atoms with Gasteiger partial charge in [0.05, 0.1) is 0 Å². The summed E-state index contributed by atoms with van der Waals surface area (Å²) in [7, 11) is 0. The predicted octanol–water partition coefficient (Wildman–Crippen LogP) is 4.31. The third-order valence-electron chi connectivity index (χ3n) is 7.82. The van der Waals surface area contributed by atoms with Gasteiger partial charge in [-0.3, -0.25) is 9.59 Å². The molecule has 0 amide bonds. The van der Waals surface area contributed by atoms with Crippen LogP contribution in [0.3, 0.4) is 0 Å². The van der Waals surface area contributed by atoms with Crippen LogP contribution in [0.2, 0.25) is 0 Å². The molecule has 0 aromatic carbocycles. The van der Waals surface area contributed by atoms with Crippen molar-refractivity contribution in [3.05, 3.63) is 11.6 Å². The number of esters is 1. The Morgan fingerprint density at radius 1 is 1.25 bits per heavy atom. The smallest absolute Gasteiger partial charge is 0.302 e. The number of hydrogen-bond acceptors (Lipinski definition) is 3. The fraction of sp³-hybridized carbons (Fsp3) is 0.810. The van der Waals surface area contributed by atoms with E-state index < -0.39 is 0 Å². The minimum atomic E-state index is -0.131. The van der Waals surface area contributed by atoms with E-state index in [0.29, 0.717) is 35.9 Å². The molecular weight excluding hydrogens is 300 g/mol. The summed E-state index contributed by atoms with van der Waals surface area (Å²) in [4.78, 5) is 23.4. The van der Waals surface area contributed by atoms with Gasteiger partial charge in [0.25, 0.3) is 0 Å². The van der Waals surface area contributed by atoms with Crippen LogP contribution in [0, 0.1) is 35.0 Å². The van der Waals surface area contributed by atoms with Gasteiger partial charge in [-0.2, -0.15) is 0 Å². The Morgan fingerprint density at radius 2 is 2.04 bits per heavy atom. The largest absolute Gasteiger partial charge is 0.462 e. The fourth-order valence-electron chi connectivity index (χ4n) is 6.87. The number of ketones is 1. The molecule has 24 heavy (non-hydrogen) atoms. The molecule has 4 aliphatic rings. The van der Waals surface area contributed by atoms with Crippen molar-refractivity contribution in [1.82, 2.24) is 0 Å². The van der Waals surface area contributed by atoms with E-state index in [9.17, 15) is 9.59 Å². The monoisotopic (exact) mass is 330 g/mol. The molecule has 0 saturated heterocycles. The predicted molar refractivity (Wildman–Crippen MR) is 92.2 cm³/mol. The second kappa shape index (κ2) is 5.71. The van der Waals surface area contributed by atoms with Crippen LogP contribution in [-0.4, -0.2) is 17.9 Å². The molecule has 0 bridgehead atoms. The van der Waals surface area contributed by atoms with Crippen molar-refractivity contribution in [2.75, 3.05) is 0 Å². The fourth-order valence-corrected chi connectivity index (χ4v) is 6.87. The molecule has 0 N–H and O–H groups in total. The summed E-state index contributed by atoms with van der Waals surface area (Å²) in [6.45, 7) is 6.26. The van der Waals surface area contributed by atoms with E-state index in [4.69, 9.17) is 4.74 Å². The van der Waals surface area contributed by atoms with E-state index in [2.05, 4.69) is 19.9 Å². The molecule has 3 fully saturated rings. The first-order valence-corrected chi connectivity index (χ1v) is 9.79. The van der Waals surface area contributed by atoms with Crippen LogP contribution in [-0.2, 0) is 14.3 Å². The molecule has 3 saturated carbocycles. The molecule has 0 radical (unpaired) electrons.